The Balaban J connectivity index is 3.03. The number of hydrogen-bond donors (Lipinski definition) is 7. The highest BCUT2D eigenvalue weighted by Gasteiger charge is 2.50. The second kappa shape index (κ2) is 6.44. The standard InChI is InChI=1S/C6H14O12P2/c7-1-2-3(8)4(17-19(10,11)12)5(6(9)16-2)18-20(13,14)15/h2-9H,1H2,(H2,10,11,12)(H2,13,14,15)/t2-,3+,4+,5-,6+/m1/s1. The maximum atomic E-state index is 10.8. The fourth-order valence-corrected chi connectivity index (χ4v) is 2.71. The lowest BCUT2D eigenvalue weighted by atomic mass is 9.99. The van der Waals surface area contributed by atoms with Crippen molar-refractivity contribution in [3.8, 4) is 0 Å². The Hall–Kier alpha value is 0.0600. The van der Waals surface area contributed by atoms with Crippen molar-refractivity contribution in [2.75, 3.05) is 6.61 Å². The molecule has 0 saturated carbocycles. The molecule has 0 aromatic carbocycles. The molecule has 0 bridgehead atoms. The molecule has 7 N–H and O–H groups in total. The highest BCUT2D eigenvalue weighted by molar-refractivity contribution is 7.46. The number of aliphatic hydroxyl groups is 3. The third kappa shape index (κ3) is 5.11. The molecule has 0 amide bonds. The van der Waals surface area contributed by atoms with Gasteiger partial charge in [0.15, 0.2) is 6.29 Å². The van der Waals surface area contributed by atoms with Gasteiger partial charge in [-0.1, -0.05) is 0 Å². The largest absolute Gasteiger partial charge is 0.470 e. The van der Waals surface area contributed by atoms with Gasteiger partial charge in [0.25, 0.3) is 0 Å². The zero-order valence-corrected chi connectivity index (χ0v) is 11.4. The number of ether oxygens (including phenoxy) is 1. The van der Waals surface area contributed by atoms with Crippen molar-refractivity contribution in [1.29, 1.82) is 0 Å². The summed E-state index contributed by atoms with van der Waals surface area (Å²) in [5.41, 5.74) is 0. The maximum absolute atomic E-state index is 10.8. The predicted molar refractivity (Wildman–Crippen MR) is 57.8 cm³/mol. The molecule has 14 heteroatoms. The fraction of sp³-hybridized carbons (Fsp3) is 1.00. The van der Waals surface area contributed by atoms with E-state index < -0.39 is 53.0 Å². The summed E-state index contributed by atoms with van der Waals surface area (Å²) in [6.45, 7) is -0.845. The van der Waals surface area contributed by atoms with E-state index in [2.05, 4.69) is 13.8 Å². The average molecular weight is 340 g/mol. The lowest BCUT2D eigenvalue weighted by molar-refractivity contribution is -0.279. The SMILES string of the molecule is O=P(O)(O)O[C@@H]1[C@@H](OP(=O)(O)O)[C@@H](O)[C@@H](CO)O[C@@H]1O. The molecule has 0 aliphatic carbocycles. The van der Waals surface area contributed by atoms with Crippen LogP contribution in [0.3, 0.4) is 0 Å². The van der Waals surface area contributed by atoms with Gasteiger partial charge in [0.1, 0.15) is 24.4 Å². The van der Waals surface area contributed by atoms with Gasteiger partial charge in [0, 0.05) is 0 Å². The number of rotatable bonds is 5. The van der Waals surface area contributed by atoms with Gasteiger partial charge >= 0.3 is 15.6 Å². The van der Waals surface area contributed by atoms with E-state index >= 15 is 0 Å². The Kier molecular flexibility index (Phi) is 5.83. The summed E-state index contributed by atoms with van der Waals surface area (Å²) in [6.07, 6.45) is -9.61. The lowest BCUT2D eigenvalue weighted by Gasteiger charge is -2.41. The summed E-state index contributed by atoms with van der Waals surface area (Å²) >= 11 is 0. The smallest absolute Gasteiger partial charge is 0.394 e. The van der Waals surface area contributed by atoms with Gasteiger partial charge in [0.05, 0.1) is 6.61 Å². The predicted octanol–water partition coefficient (Wildman–Crippen LogP) is -2.99. The summed E-state index contributed by atoms with van der Waals surface area (Å²) in [4.78, 5) is 34.7. The molecule has 5 atom stereocenters. The molecule has 0 radical (unpaired) electrons. The average Bonchev–Trinajstić information content (AvgIpc) is 2.25. The van der Waals surface area contributed by atoms with Crippen LogP contribution in [-0.2, 0) is 22.9 Å². The van der Waals surface area contributed by atoms with Crippen molar-refractivity contribution < 1.29 is 57.8 Å². The number of hydrogen-bond acceptors (Lipinski definition) is 8. The number of phosphoric ester groups is 2. The summed E-state index contributed by atoms with van der Waals surface area (Å²) in [5, 5.41) is 28.0. The molecule has 0 aromatic heterocycles. The Labute approximate surface area is 112 Å². The summed E-state index contributed by atoms with van der Waals surface area (Å²) < 4.78 is 34.4. The summed E-state index contributed by atoms with van der Waals surface area (Å²) in [5.74, 6) is 0. The first-order chi connectivity index (χ1) is 8.94. The molecular weight excluding hydrogens is 326 g/mol. The molecule has 1 fully saturated rings. The van der Waals surface area contributed by atoms with E-state index in [1.807, 2.05) is 0 Å². The van der Waals surface area contributed by atoms with Crippen molar-refractivity contribution >= 4 is 15.6 Å². The van der Waals surface area contributed by atoms with Gasteiger partial charge in [-0.2, -0.15) is 0 Å². The van der Waals surface area contributed by atoms with E-state index in [4.69, 9.17) is 24.7 Å². The Morgan fingerprint density at radius 3 is 1.80 bits per heavy atom. The minimum atomic E-state index is -5.18. The molecule has 1 aliphatic heterocycles. The first-order valence-corrected chi connectivity index (χ1v) is 8.11. The van der Waals surface area contributed by atoms with Crippen LogP contribution >= 0.6 is 15.6 Å². The van der Waals surface area contributed by atoms with Crippen LogP contribution in [-0.4, -0.2) is 72.2 Å². The van der Waals surface area contributed by atoms with E-state index in [9.17, 15) is 19.3 Å². The van der Waals surface area contributed by atoms with Crippen LogP contribution in [0.15, 0.2) is 0 Å². The van der Waals surface area contributed by atoms with Crippen LogP contribution in [0.5, 0.6) is 0 Å². The van der Waals surface area contributed by atoms with Gasteiger partial charge in [-0.05, 0) is 0 Å². The van der Waals surface area contributed by atoms with Crippen LogP contribution in [0.25, 0.3) is 0 Å². The summed E-state index contributed by atoms with van der Waals surface area (Å²) in [6, 6.07) is 0. The van der Waals surface area contributed by atoms with Crippen molar-refractivity contribution in [3.63, 3.8) is 0 Å². The van der Waals surface area contributed by atoms with Gasteiger partial charge in [0.2, 0.25) is 0 Å². The van der Waals surface area contributed by atoms with E-state index in [-0.39, 0.29) is 0 Å². The molecule has 1 heterocycles. The third-order valence-electron chi connectivity index (χ3n) is 2.33. The molecular formula is C6H14O12P2. The fourth-order valence-electron chi connectivity index (χ4n) is 1.61. The lowest BCUT2D eigenvalue weighted by Crippen LogP contribution is -2.59. The molecule has 1 rings (SSSR count). The highest BCUT2D eigenvalue weighted by atomic mass is 31.2. The third-order valence-corrected chi connectivity index (χ3v) is 3.37. The zero-order chi connectivity index (χ0) is 15.7. The Bertz CT molecular complexity index is 414. The molecule has 0 aromatic rings. The van der Waals surface area contributed by atoms with Crippen LogP contribution in [0.4, 0.5) is 0 Å². The second-order valence-electron chi connectivity index (χ2n) is 3.86. The molecule has 0 unspecified atom stereocenters. The summed E-state index contributed by atoms with van der Waals surface area (Å²) in [7, 11) is -10.4. The van der Waals surface area contributed by atoms with Gasteiger partial charge in [-0.3, -0.25) is 9.05 Å². The van der Waals surface area contributed by atoms with E-state index in [1.165, 1.54) is 0 Å². The van der Waals surface area contributed by atoms with E-state index in [0.29, 0.717) is 0 Å². The van der Waals surface area contributed by atoms with E-state index in [1.54, 1.807) is 0 Å². The maximum Gasteiger partial charge on any atom is 0.470 e. The molecule has 12 nitrogen and oxygen atoms in total. The quantitative estimate of drug-likeness (QED) is 0.250. The molecule has 20 heavy (non-hydrogen) atoms. The van der Waals surface area contributed by atoms with Crippen LogP contribution in [0.2, 0.25) is 0 Å². The van der Waals surface area contributed by atoms with Crippen molar-refractivity contribution in [1.82, 2.24) is 0 Å². The molecule has 0 spiro atoms. The molecule has 1 aliphatic rings. The highest BCUT2D eigenvalue weighted by Crippen LogP contribution is 2.46. The van der Waals surface area contributed by atoms with E-state index in [0.717, 1.165) is 0 Å². The van der Waals surface area contributed by atoms with Crippen LogP contribution in [0.1, 0.15) is 0 Å². The molecule has 120 valence electrons. The first kappa shape index (κ1) is 18.1. The topological polar surface area (TPSA) is 203 Å². The van der Waals surface area contributed by atoms with Crippen LogP contribution < -0.4 is 0 Å². The minimum Gasteiger partial charge on any atom is -0.394 e. The number of aliphatic hydroxyl groups excluding tert-OH is 3. The number of phosphoric acid groups is 2. The van der Waals surface area contributed by atoms with Crippen molar-refractivity contribution in [2.24, 2.45) is 0 Å². The van der Waals surface area contributed by atoms with Gasteiger partial charge < -0.3 is 39.6 Å². The van der Waals surface area contributed by atoms with Crippen molar-refractivity contribution in [3.05, 3.63) is 0 Å². The zero-order valence-electron chi connectivity index (χ0n) is 9.66. The first-order valence-electron chi connectivity index (χ1n) is 5.05. The van der Waals surface area contributed by atoms with Gasteiger partial charge in [-0.25, -0.2) is 9.13 Å². The van der Waals surface area contributed by atoms with Crippen molar-refractivity contribution in [2.45, 2.75) is 30.7 Å². The molecule has 1 saturated heterocycles. The Morgan fingerprint density at radius 1 is 0.950 bits per heavy atom. The Morgan fingerprint density at radius 2 is 1.40 bits per heavy atom. The minimum absolute atomic E-state index is 0.845. The second-order valence-corrected chi connectivity index (χ2v) is 6.24. The van der Waals surface area contributed by atoms with Gasteiger partial charge in [-0.15, -0.1) is 0 Å². The monoisotopic (exact) mass is 340 g/mol. The normalized spacial score (nSPS) is 36.0. The van der Waals surface area contributed by atoms with Crippen LogP contribution in [0, 0.1) is 0 Å².